The number of alkyl halides is 5. The summed E-state index contributed by atoms with van der Waals surface area (Å²) >= 11 is 0. The van der Waals surface area contributed by atoms with Crippen molar-refractivity contribution < 1.29 is 46.5 Å². The van der Waals surface area contributed by atoms with Crippen molar-refractivity contribution in [3.8, 4) is 0 Å². The van der Waals surface area contributed by atoms with E-state index < -0.39 is 35.4 Å². The Morgan fingerprint density at radius 1 is 1.09 bits per heavy atom. The molecule has 1 aliphatic heterocycles. The van der Waals surface area contributed by atoms with E-state index >= 15 is 0 Å². The zero-order valence-electron chi connectivity index (χ0n) is 11.2. The highest BCUT2D eigenvalue weighted by atomic mass is 19.4. The SMILES string of the molecule is CN1CCC=C(C(=O)C(F)(F)C(F)(F)F)C1.O=C(O)C(=O)O. The van der Waals surface area contributed by atoms with Crippen LogP contribution in [-0.4, -0.2) is 65.1 Å². The standard InChI is InChI=1S/C9H10F5NO.C2H2O4/c1-15-4-2-3-6(5-15)7(16)8(10,11)9(12,13)14;3-1(4)2(5)6/h3H,2,4-5H2,1H3;(H,3,4)(H,5,6). The van der Waals surface area contributed by atoms with Gasteiger partial charge >= 0.3 is 24.0 Å². The van der Waals surface area contributed by atoms with Crippen molar-refractivity contribution in [2.75, 3.05) is 20.1 Å². The molecule has 22 heavy (non-hydrogen) atoms. The number of hydrogen-bond acceptors (Lipinski definition) is 4. The Morgan fingerprint density at radius 3 is 1.86 bits per heavy atom. The van der Waals surface area contributed by atoms with Crippen LogP contribution in [-0.2, 0) is 14.4 Å². The number of carboxylic acids is 2. The smallest absolute Gasteiger partial charge is 0.461 e. The lowest BCUT2D eigenvalue weighted by Gasteiger charge is -2.25. The van der Waals surface area contributed by atoms with Crippen molar-refractivity contribution in [2.45, 2.75) is 18.5 Å². The van der Waals surface area contributed by atoms with Gasteiger partial charge in [0.15, 0.2) is 0 Å². The average Bonchev–Trinajstić information content (AvgIpc) is 2.37. The minimum Gasteiger partial charge on any atom is -0.473 e. The molecule has 0 radical (unpaired) electrons. The summed E-state index contributed by atoms with van der Waals surface area (Å²) in [6.07, 6.45) is -4.39. The zero-order valence-corrected chi connectivity index (χ0v) is 11.2. The second kappa shape index (κ2) is 7.29. The molecule has 0 spiro atoms. The summed E-state index contributed by atoms with van der Waals surface area (Å²) in [5, 5.41) is 14.8. The molecule has 0 aliphatic carbocycles. The maximum absolute atomic E-state index is 12.7. The van der Waals surface area contributed by atoms with Crippen LogP contribution in [0.25, 0.3) is 0 Å². The number of carbonyl (C=O) groups excluding carboxylic acids is 1. The lowest BCUT2D eigenvalue weighted by atomic mass is 10.0. The molecule has 0 bridgehead atoms. The molecular weight excluding hydrogens is 321 g/mol. The summed E-state index contributed by atoms with van der Waals surface area (Å²) in [5.41, 5.74) is -0.476. The molecule has 0 aromatic carbocycles. The monoisotopic (exact) mass is 333 g/mol. The van der Waals surface area contributed by atoms with Gasteiger partial charge in [0.25, 0.3) is 0 Å². The Hall–Kier alpha value is -2.04. The third-order valence-electron chi connectivity index (χ3n) is 2.46. The predicted molar refractivity (Wildman–Crippen MR) is 61.5 cm³/mol. The van der Waals surface area contributed by atoms with Gasteiger partial charge in [-0.1, -0.05) is 6.08 Å². The number of ketones is 1. The first-order valence-electron chi connectivity index (χ1n) is 5.63. The van der Waals surface area contributed by atoms with E-state index in [9.17, 15) is 26.7 Å². The highest BCUT2D eigenvalue weighted by Gasteiger charge is 2.63. The van der Waals surface area contributed by atoms with E-state index in [2.05, 4.69) is 0 Å². The highest BCUT2D eigenvalue weighted by Crippen LogP contribution is 2.38. The van der Waals surface area contributed by atoms with E-state index in [0.29, 0.717) is 13.0 Å². The summed E-state index contributed by atoms with van der Waals surface area (Å²) < 4.78 is 61.2. The number of halogens is 5. The second-order valence-corrected chi connectivity index (χ2v) is 4.27. The third kappa shape index (κ3) is 5.39. The van der Waals surface area contributed by atoms with Gasteiger partial charge in [-0.2, -0.15) is 22.0 Å². The summed E-state index contributed by atoms with van der Waals surface area (Å²) in [5.74, 6) is -11.1. The number of likely N-dealkylation sites (N-methyl/N-ethyl adjacent to an activating group) is 1. The van der Waals surface area contributed by atoms with E-state index in [4.69, 9.17) is 19.8 Å². The maximum Gasteiger partial charge on any atom is 0.461 e. The number of carbonyl (C=O) groups is 3. The van der Waals surface area contributed by atoms with Crippen molar-refractivity contribution in [2.24, 2.45) is 0 Å². The molecule has 1 rings (SSSR count). The Balaban J connectivity index is 0.000000626. The molecule has 2 N–H and O–H groups in total. The van der Waals surface area contributed by atoms with Crippen molar-refractivity contribution in [3.63, 3.8) is 0 Å². The maximum atomic E-state index is 12.7. The van der Waals surface area contributed by atoms with Gasteiger partial charge in [-0.15, -0.1) is 0 Å². The molecule has 0 unspecified atom stereocenters. The molecule has 0 fully saturated rings. The number of carboxylic acid groups (broad SMARTS) is 2. The van der Waals surface area contributed by atoms with Gasteiger partial charge in [-0.05, 0) is 13.5 Å². The number of hydrogen-bond donors (Lipinski definition) is 2. The summed E-state index contributed by atoms with van der Waals surface area (Å²) in [6, 6.07) is 0. The lowest BCUT2D eigenvalue weighted by Crippen LogP contribution is -2.46. The Bertz CT molecular complexity index is 474. The van der Waals surface area contributed by atoms with Crippen LogP contribution >= 0.6 is 0 Å². The number of rotatable bonds is 2. The van der Waals surface area contributed by atoms with Crippen LogP contribution in [0, 0.1) is 0 Å². The summed E-state index contributed by atoms with van der Waals surface area (Å²) in [6.45, 7) is 0.360. The first-order chi connectivity index (χ1) is 9.80. The van der Waals surface area contributed by atoms with Gasteiger partial charge in [0.05, 0.1) is 0 Å². The second-order valence-electron chi connectivity index (χ2n) is 4.27. The fraction of sp³-hybridized carbons (Fsp3) is 0.545. The number of nitrogens with zero attached hydrogens (tertiary/aromatic N) is 1. The van der Waals surface area contributed by atoms with Crippen LogP contribution in [0.4, 0.5) is 22.0 Å². The molecule has 0 saturated heterocycles. The van der Waals surface area contributed by atoms with E-state index in [1.807, 2.05) is 0 Å². The summed E-state index contributed by atoms with van der Waals surface area (Å²) in [4.78, 5) is 30.8. The minimum atomic E-state index is -5.83. The molecule has 6 nitrogen and oxygen atoms in total. The van der Waals surface area contributed by atoms with E-state index in [1.54, 1.807) is 7.05 Å². The quantitative estimate of drug-likeness (QED) is 0.582. The van der Waals surface area contributed by atoms with E-state index in [-0.39, 0.29) is 6.54 Å². The fourth-order valence-electron chi connectivity index (χ4n) is 1.39. The summed E-state index contributed by atoms with van der Waals surface area (Å²) in [7, 11) is 1.55. The first kappa shape index (κ1) is 20.0. The van der Waals surface area contributed by atoms with Gasteiger partial charge in [-0.3, -0.25) is 4.79 Å². The normalized spacial score (nSPS) is 16.2. The van der Waals surface area contributed by atoms with E-state index in [0.717, 1.165) is 6.08 Å². The molecule has 0 saturated carbocycles. The van der Waals surface area contributed by atoms with Crippen LogP contribution in [0.15, 0.2) is 11.6 Å². The molecule has 11 heteroatoms. The topological polar surface area (TPSA) is 94.9 Å². The van der Waals surface area contributed by atoms with Crippen molar-refractivity contribution in [3.05, 3.63) is 11.6 Å². The van der Waals surface area contributed by atoms with E-state index in [1.165, 1.54) is 4.90 Å². The van der Waals surface area contributed by atoms with Crippen molar-refractivity contribution >= 4 is 17.7 Å². The largest absolute Gasteiger partial charge is 0.473 e. The van der Waals surface area contributed by atoms with Crippen LogP contribution in [0.1, 0.15) is 6.42 Å². The van der Waals surface area contributed by atoms with Crippen molar-refractivity contribution in [1.82, 2.24) is 4.90 Å². The van der Waals surface area contributed by atoms with Crippen LogP contribution in [0.5, 0.6) is 0 Å². The average molecular weight is 333 g/mol. The fourth-order valence-corrected chi connectivity index (χ4v) is 1.39. The van der Waals surface area contributed by atoms with Gasteiger partial charge < -0.3 is 15.1 Å². The molecule has 0 aromatic heterocycles. The molecule has 0 atom stereocenters. The molecule has 0 aromatic rings. The van der Waals surface area contributed by atoms with Crippen LogP contribution in [0.3, 0.4) is 0 Å². The van der Waals surface area contributed by atoms with Gasteiger partial charge in [0.2, 0.25) is 5.78 Å². The molecule has 0 amide bonds. The Labute approximate surface area is 120 Å². The first-order valence-corrected chi connectivity index (χ1v) is 5.63. The third-order valence-corrected chi connectivity index (χ3v) is 2.46. The minimum absolute atomic E-state index is 0.176. The molecule has 1 heterocycles. The number of aliphatic carboxylic acids is 2. The lowest BCUT2D eigenvalue weighted by molar-refractivity contribution is -0.267. The number of Topliss-reactive ketones (excluding diaryl/α,β-unsaturated/α-hetero) is 1. The molecule has 1 aliphatic rings. The van der Waals surface area contributed by atoms with Crippen molar-refractivity contribution in [1.29, 1.82) is 0 Å². The molecule has 126 valence electrons. The van der Waals surface area contributed by atoms with Gasteiger partial charge in [-0.25, -0.2) is 9.59 Å². The van der Waals surface area contributed by atoms with Gasteiger partial charge in [0, 0.05) is 18.7 Å². The van der Waals surface area contributed by atoms with Gasteiger partial charge in [0.1, 0.15) is 0 Å². The highest BCUT2D eigenvalue weighted by molar-refractivity contribution is 6.27. The predicted octanol–water partition coefficient (Wildman–Crippen LogP) is 1.17. The Morgan fingerprint density at radius 2 is 1.55 bits per heavy atom. The molecular formula is C11H12F5NO5. The zero-order chi connectivity index (χ0) is 17.7. The van der Waals surface area contributed by atoms with Crippen LogP contribution < -0.4 is 0 Å². The Kier molecular flexibility index (Phi) is 6.62. The van der Waals surface area contributed by atoms with Crippen LogP contribution in [0.2, 0.25) is 0 Å².